The average molecular weight is 529 g/mol. The molecule has 4 rings (SSSR count). The lowest BCUT2D eigenvalue weighted by molar-refractivity contribution is -0.152. The van der Waals surface area contributed by atoms with E-state index >= 15 is 0 Å². The van der Waals surface area contributed by atoms with Crippen LogP contribution in [0.3, 0.4) is 0 Å². The Kier molecular flexibility index (Phi) is 6.94. The lowest BCUT2D eigenvalue weighted by Crippen LogP contribution is -2.39. The fourth-order valence-electron chi connectivity index (χ4n) is 4.27. The van der Waals surface area contributed by atoms with Gasteiger partial charge < -0.3 is 14.0 Å². The largest absolute Gasteiger partial charge is 0.497 e. The number of hydrogen-bond donors (Lipinski definition) is 0. The quantitative estimate of drug-likeness (QED) is 0.274. The maximum atomic E-state index is 13.9. The van der Waals surface area contributed by atoms with Gasteiger partial charge in [0, 0.05) is 39.4 Å². The fraction of sp³-hybridized carbons (Fsp3) is 0.296. The van der Waals surface area contributed by atoms with Gasteiger partial charge in [-0.05, 0) is 64.1 Å². The highest BCUT2D eigenvalue weighted by atomic mass is 35.5. The number of rotatable bonds is 7. The van der Waals surface area contributed by atoms with Crippen molar-refractivity contribution < 1.29 is 22.7 Å². The minimum atomic E-state index is -4.22. The zero-order valence-electron chi connectivity index (χ0n) is 20.9. The van der Waals surface area contributed by atoms with Crippen molar-refractivity contribution in [3.05, 3.63) is 65.7 Å². The molecular formula is C27H29ClN2O5S. The average Bonchev–Trinajstić information content (AvgIpc) is 3.13. The van der Waals surface area contributed by atoms with Crippen LogP contribution in [0.1, 0.15) is 27.7 Å². The van der Waals surface area contributed by atoms with Crippen LogP contribution in [0, 0.1) is 0 Å². The summed E-state index contributed by atoms with van der Waals surface area (Å²) < 4.78 is 41.7. The topological polar surface area (TPSA) is 77.8 Å². The molecule has 0 N–H and O–H groups in total. The van der Waals surface area contributed by atoms with Crippen LogP contribution in [0.5, 0.6) is 5.75 Å². The number of benzene rings is 3. The Balaban J connectivity index is 1.91. The third-order valence-electron chi connectivity index (χ3n) is 5.72. The number of sulfonamides is 1. The molecule has 1 aromatic heterocycles. The zero-order chi connectivity index (χ0) is 26.3. The molecule has 9 heteroatoms. The van der Waals surface area contributed by atoms with Gasteiger partial charge in [-0.25, -0.2) is 8.42 Å². The van der Waals surface area contributed by atoms with Crippen LogP contribution >= 0.6 is 11.6 Å². The zero-order valence-corrected chi connectivity index (χ0v) is 22.5. The van der Waals surface area contributed by atoms with Crippen molar-refractivity contribution in [1.82, 2.24) is 4.57 Å². The molecule has 0 saturated heterocycles. The highest BCUT2D eigenvalue weighted by molar-refractivity contribution is 7.92. The molecule has 0 bridgehead atoms. The second-order valence-corrected chi connectivity index (χ2v) is 11.7. The van der Waals surface area contributed by atoms with Crippen molar-refractivity contribution in [2.45, 2.75) is 44.7 Å². The maximum Gasteiger partial charge on any atom is 0.327 e. The highest BCUT2D eigenvalue weighted by Crippen LogP contribution is 2.35. The van der Waals surface area contributed by atoms with Crippen LogP contribution in [0.25, 0.3) is 21.8 Å². The number of carbonyl (C=O) groups excluding carboxylic acids is 1. The molecule has 0 amide bonds. The van der Waals surface area contributed by atoms with Gasteiger partial charge in [0.1, 0.15) is 17.9 Å². The van der Waals surface area contributed by atoms with Gasteiger partial charge in [-0.3, -0.25) is 9.10 Å². The Morgan fingerprint density at radius 2 is 1.69 bits per heavy atom. The van der Waals surface area contributed by atoms with Crippen molar-refractivity contribution in [1.29, 1.82) is 0 Å². The number of aromatic nitrogens is 1. The second-order valence-electron chi connectivity index (χ2n) is 9.39. The summed E-state index contributed by atoms with van der Waals surface area (Å²) in [6, 6.07) is 17.6. The Morgan fingerprint density at radius 3 is 2.36 bits per heavy atom. The normalized spacial score (nSPS) is 12.2. The molecule has 0 fully saturated rings. The third-order valence-corrected chi connectivity index (χ3v) is 7.69. The molecule has 190 valence electrons. The van der Waals surface area contributed by atoms with Gasteiger partial charge in [-0.1, -0.05) is 29.8 Å². The van der Waals surface area contributed by atoms with Gasteiger partial charge >= 0.3 is 5.97 Å². The fourth-order valence-corrected chi connectivity index (χ4v) is 6.03. The summed E-state index contributed by atoms with van der Waals surface area (Å²) in [6.07, 6.45) is 0. The lowest BCUT2D eigenvalue weighted by atomic mass is 10.1. The number of ether oxygens (including phenoxy) is 2. The standard InChI is InChI=1S/C27H29ClN2O5S/c1-6-29-24-10-8-7-9-22(24)23-15-19(11-12-25(23)29)30(17-26(31)35-27(2,3)4)36(32,33)21-14-18(28)13-20(16-21)34-5/h7-16H,6,17H2,1-5H3. The van der Waals surface area contributed by atoms with E-state index in [-0.39, 0.29) is 9.92 Å². The van der Waals surface area contributed by atoms with Crippen LogP contribution in [-0.2, 0) is 26.1 Å². The van der Waals surface area contributed by atoms with Gasteiger partial charge in [-0.15, -0.1) is 0 Å². The minimum Gasteiger partial charge on any atom is -0.497 e. The van der Waals surface area contributed by atoms with Crippen LogP contribution in [0.2, 0.25) is 5.02 Å². The Bertz CT molecular complexity index is 1550. The molecule has 0 atom stereocenters. The van der Waals surface area contributed by atoms with E-state index in [2.05, 4.69) is 11.5 Å². The summed E-state index contributed by atoms with van der Waals surface area (Å²) in [5.41, 5.74) is 1.59. The van der Waals surface area contributed by atoms with Gasteiger partial charge in [-0.2, -0.15) is 0 Å². The number of carbonyl (C=O) groups is 1. The van der Waals surface area contributed by atoms with Crippen LogP contribution in [-0.4, -0.2) is 38.2 Å². The molecular weight excluding hydrogens is 500 g/mol. The molecule has 0 spiro atoms. The van der Waals surface area contributed by atoms with Crippen molar-refractivity contribution in [2.24, 2.45) is 0 Å². The molecule has 4 aromatic rings. The SMILES string of the molecule is CCn1c2ccccc2c2cc(N(CC(=O)OC(C)(C)C)S(=O)(=O)c3cc(Cl)cc(OC)c3)ccc21. The number of methoxy groups -OCH3 is 1. The van der Waals surface area contributed by atoms with Crippen molar-refractivity contribution in [3.63, 3.8) is 0 Å². The number of para-hydroxylation sites is 1. The third kappa shape index (κ3) is 5.01. The Hall–Kier alpha value is -3.23. The molecule has 7 nitrogen and oxygen atoms in total. The first-order chi connectivity index (χ1) is 16.9. The van der Waals surface area contributed by atoms with E-state index in [1.807, 2.05) is 30.3 Å². The van der Waals surface area contributed by atoms with Crippen LogP contribution in [0.4, 0.5) is 5.69 Å². The molecule has 0 radical (unpaired) electrons. The molecule has 3 aromatic carbocycles. The van der Waals surface area contributed by atoms with Crippen molar-refractivity contribution in [3.8, 4) is 5.75 Å². The van der Waals surface area contributed by atoms with E-state index in [1.54, 1.807) is 32.9 Å². The Labute approximate surface area is 216 Å². The van der Waals surface area contributed by atoms with E-state index < -0.39 is 28.1 Å². The summed E-state index contributed by atoms with van der Waals surface area (Å²) in [5, 5.41) is 2.08. The maximum absolute atomic E-state index is 13.9. The minimum absolute atomic E-state index is 0.0912. The van der Waals surface area contributed by atoms with Crippen molar-refractivity contribution in [2.75, 3.05) is 18.0 Å². The molecule has 1 heterocycles. The number of halogens is 1. The predicted molar refractivity (Wildman–Crippen MR) is 143 cm³/mol. The summed E-state index contributed by atoms with van der Waals surface area (Å²) >= 11 is 6.18. The van der Waals surface area contributed by atoms with E-state index in [0.717, 1.165) is 32.7 Å². The van der Waals surface area contributed by atoms with E-state index in [0.29, 0.717) is 11.4 Å². The second kappa shape index (κ2) is 9.67. The summed E-state index contributed by atoms with van der Waals surface area (Å²) in [6.45, 7) is 7.51. The summed E-state index contributed by atoms with van der Waals surface area (Å²) in [7, 11) is -2.79. The van der Waals surface area contributed by atoms with Crippen LogP contribution < -0.4 is 9.04 Å². The van der Waals surface area contributed by atoms with E-state index in [1.165, 1.54) is 25.3 Å². The molecule has 36 heavy (non-hydrogen) atoms. The highest BCUT2D eigenvalue weighted by Gasteiger charge is 2.30. The molecule has 0 aliphatic rings. The van der Waals surface area contributed by atoms with Crippen molar-refractivity contribution >= 4 is 55.1 Å². The summed E-state index contributed by atoms with van der Waals surface area (Å²) in [4.78, 5) is 12.8. The number of hydrogen-bond acceptors (Lipinski definition) is 5. The van der Waals surface area contributed by atoms with E-state index in [9.17, 15) is 13.2 Å². The molecule has 0 saturated carbocycles. The van der Waals surface area contributed by atoms with Gasteiger partial charge in [0.15, 0.2) is 0 Å². The smallest absolute Gasteiger partial charge is 0.327 e. The first-order valence-electron chi connectivity index (χ1n) is 11.5. The van der Waals surface area contributed by atoms with E-state index in [4.69, 9.17) is 21.1 Å². The first-order valence-corrected chi connectivity index (χ1v) is 13.4. The Morgan fingerprint density at radius 1 is 1.00 bits per heavy atom. The number of anilines is 1. The van der Waals surface area contributed by atoms with Gasteiger partial charge in [0.05, 0.1) is 17.7 Å². The van der Waals surface area contributed by atoms with Crippen LogP contribution in [0.15, 0.2) is 65.6 Å². The van der Waals surface area contributed by atoms with Gasteiger partial charge in [0.2, 0.25) is 0 Å². The molecule has 0 unspecified atom stereocenters. The molecule has 0 aliphatic carbocycles. The van der Waals surface area contributed by atoms with Gasteiger partial charge in [0.25, 0.3) is 10.0 Å². The molecule has 0 aliphatic heterocycles. The monoisotopic (exact) mass is 528 g/mol. The number of nitrogens with zero attached hydrogens (tertiary/aromatic N) is 2. The summed E-state index contributed by atoms with van der Waals surface area (Å²) in [5.74, 6) is -0.379. The number of aryl methyl sites for hydroxylation is 1. The number of esters is 1. The first kappa shape index (κ1) is 25.9. The number of fused-ring (bicyclic) bond motifs is 3. The lowest BCUT2D eigenvalue weighted by Gasteiger charge is -2.26. The predicted octanol–water partition coefficient (Wildman–Crippen LogP) is 6.01.